The number of aliphatic hydroxyl groups excluding tert-OH is 1. The Morgan fingerprint density at radius 1 is 1.28 bits per heavy atom. The number of carbonyl (C=O) groups is 2. The minimum Gasteiger partial charge on any atom is -0.502 e. The van der Waals surface area contributed by atoms with Crippen molar-refractivity contribution in [1.29, 1.82) is 0 Å². The summed E-state index contributed by atoms with van der Waals surface area (Å²) in [5.41, 5.74) is 2.17. The number of aryl methyl sites for hydroxylation is 1. The molecular formula is C13H11NO4. The molecular weight excluding hydrogens is 234 g/mol. The first-order chi connectivity index (χ1) is 8.49. The highest BCUT2D eigenvalue weighted by molar-refractivity contribution is 6.14. The smallest absolute Gasteiger partial charge is 0.371 e. The number of aromatic amines is 1. The van der Waals surface area contributed by atoms with Gasteiger partial charge in [-0.15, -0.1) is 0 Å². The molecule has 1 aromatic heterocycles. The van der Waals surface area contributed by atoms with Crippen molar-refractivity contribution in [3.8, 4) is 0 Å². The number of allylic oxidation sites excluding steroid dienone is 1. The van der Waals surface area contributed by atoms with Crippen molar-refractivity contribution in [3.05, 3.63) is 47.4 Å². The van der Waals surface area contributed by atoms with Gasteiger partial charge in [0.2, 0.25) is 5.76 Å². The standard InChI is InChI=1S/C13H11NO4/c1-7-2-3-8-9(6-14-10(8)4-7)11(15)5-12(16)13(17)18/h2-6,14,16H,1H3,(H,17,18)/b12-5-. The second-order valence-corrected chi connectivity index (χ2v) is 3.95. The van der Waals surface area contributed by atoms with Crippen molar-refractivity contribution >= 4 is 22.7 Å². The molecule has 0 amide bonds. The van der Waals surface area contributed by atoms with Crippen molar-refractivity contribution in [2.75, 3.05) is 0 Å². The van der Waals surface area contributed by atoms with Crippen LogP contribution in [0.25, 0.3) is 10.9 Å². The van der Waals surface area contributed by atoms with Gasteiger partial charge in [-0.3, -0.25) is 4.79 Å². The maximum Gasteiger partial charge on any atom is 0.371 e. The average Bonchev–Trinajstić information content (AvgIpc) is 2.71. The third-order valence-corrected chi connectivity index (χ3v) is 2.59. The van der Waals surface area contributed by atoms with Gasteiger partial charge in [0.05, 0.1) is 0 Å². The predicted molar refractivity (Wildman–Crippen MR) is 65.7 cm³/mol. The molecule has 0 atom stereocenters. The molecule has 92 valence electrons. The molecule has 1 aromatic carbocycles. The van der Waals surface area contributed by atoms with E-state index in [4.69, 9.17) is 10.2 Å². The molecule has 0 saturated heterocycles. The largest absolute Gasteiger partial charge is 0.502 e. The molecule has 18 heavy (non-hydrogen) atoms. The van der Waals surface area contributed by atoms with E-state index in [0.29, 0.717) is 17.0 Å². The predicted octanol–water partition coefficient (Wildman–Crippen LogP) is 2.19. The zero-order valence-corrected chi connectivity index (χ0v) is 9.60. The number of aliphatic hydroxyl groups is 1. The molecule has 0 radical (unpaired) electrons. The van der Waals surface area contributed by atoms with Crippen LogP contribution in [0.5, 0.6) is 0 Å². The average molecular weight is 245 g/mol. The van der Waals surface area contributed by atoms with Crippen LogP contribution in [0.15, 0.2) is 36.2 Å². The highest BCUT2D eigenvalue weighted by atomic mass is 16.4. The van der Waals surface area contributed by atoms with Crippen LogP contribution in [0.4, 0.5) is 0 Å². The Kier molecular flexibility index (Phi) is 2.89. The third-order valence-electron chi connectivity index (χ3n) is 2.59. The van der Waals surface area contributed by atoms with E-state index in [1.165, 1.54) is 6.20 Å². The fourth-order valence-electron chi connectivity index (χ4n) is 1.71. The Morgan fingerprint density at radius 3 is 2.67 bits per heavy atom. The number of fused-ring (bicyclic) bond motifs is 1. The Labute approximate surface area is 102 Å². The number of H-pyrrole nitrogens is 1. The van der Waals surface area contributed by atoms with Crippen molar-refractivity contribution < 1.29 is 19.8 Å². The zero-order chi connectivity index (χ0) is 13.3. The molecule has 3 N–H and O–H groups in total. The van der Waals surface area contributed by atoms with E-state index in [-0.39, 0.29) is 0 Å². The van der Waals surface area contributed by atoms with Crippen LogP contribution in [0.2, 0.25) is 0 Å². The minimum atomic E-state index is -1.53. The van der Waals surface area contributed by atoms with Gasteiger partial charge in [-0.05, 0) is 18.6 Å². The number of nitrogens with one attached hydrogen (secondary N) is 1. The lowest BCUT2D eigenvalue weighted by atomic mass is 10.1. The summed E-state index contributed by atoms with van der Waals surface area (Å²) in [6.45, 7) is 1.93. The number of benzene rings is 1. The lowest BCUT2D eigenvalue weighted by Crippen LogP contribution is -2.03. The van der Waals surface area contributed by atoms with Crippen molar-refractivity contribution in [1.82, 2.24) is 4.98 Å². The molecule has 2 aromatic rings. The summed E-state index contributed by atoms with van der Waals surface area (Å²) in [6.07, 6.45) is 2.20. The summed E-state index contributed by atoms with van der Waals surface area (Å²) in [7, 11) is 0. The van der Waals surface area contributed by atoms with Gasteiger partial charge < -0.3 is 15.2 Å². The molecule has 0 fully saturated rings. The minimum absolute atomic E-state index is 0.331. The summed E-state index contributed by atoms with van der Waals surface area (Å²) < 4.78 is 0. The van der Waals surface area contributed by atoms with Crippen molar-refractivity contribution in [2.45, 2.75) is 6.92 Å². The quantitative estimate of drug-likeness (QED) is 0.439. The monoisotopic (exact) mass is 245 g/mol. The summed E-state index contributed by atoms with van der Waals surface area (Å²) in [4.78, 5) is 25.2. The highest BCUT2D eigenvalue weighted by Gasteiger charge is 2.13. The van der Waals surface area contributed by atoms with Crippen molar-refractivity contribution in [2.24, 2.45) is 0 Å². The second-order valence-electron chi connectivity index (χ2n) is 3.95. The maximum atomic E-state index is 11.8. The summed E-state index contributed by atoms with van der Waals surface area (Å²) in [5.74, 6) is -3.05. The second kappa shape index (κ2) is 4.37. The van der Waals surface area contributed by atoms with Gasteiger partial charge in [-0.2, -0.15) is 0 Å². The molecule has 0 aliphatic rings. The van der Waals surface area contributed by atoms with Gasteiger partial charge >= 0.3 is 5.97 Å². The molecule has 2 rings (SSSR count). The van der Waals surface area contributed by atoms with Crippen LogP contribution in [0.1, 0.15) is 15.9 Å². The Balaban J connectivity index is 2.46. The van der Waals surface area contributed by atoms with Gasteiger partial charge in [0, 0.05) is 28.7 Å². The number of aromatic nitrogens is 1. The normalized spacial score (nSPS) is 11.7. The first kappa shape index (κ1) is 11.9. The van der Waals surface area contributed by atoms with Gasteiger partial charge in [0.1, 0.15) is 0 Å². The van der Waals surface area contributed by atoms with Gasteiger partial charge in [0.25, 0.3) is 0 Å². The first-order valence-corrected chi connectivity index (χ1v) is 5.25. The van der Waals surface area contributed by atoms with E-state index >= 15 is 0 Å². The molecule has 0 aliphatic carbocycles. The van der Waals surface area contributed by atoms with E-state index in [2.05, 4.69) is 4.98 Å². The van der Waals surface area contributed by atoms with Gasteiger partial charge in [-0.25, -0.2) is 4.79 Å². The molecule has 0 unspecified atom stereocenters. The van der Waals surface area contributed by atoms with Crippen LogP contribution < -0.4 is 0 Å². The van der Waals surface area contributed by atoms with Gasteiger partial charge in [-0.1, -0.05) is 12.1 Å². The highest BCUT2D eigenvalue weighted by Crippen LogP contribution is 2.20. The Bertz CT molecular complexity index is 667. The lowest BCUT2D eigenvalue weighted by Gasteiger charge is -1.96. The van der Waals surface area contributed by atoms with E-state index in [0.717, 1.165) is 11.1 Å². The van der Waals surface area contributed by atoms with E-state index in [1.54, 1.807) is 6.07 Å². The number of ketones is 1. The molecule has 0 aliphatic heterocycles. The molecule has 0 spiro atoms. The van der Waals surface area contributed by atoms with Crippen LogP contribution >= 0.6 is 0 Å². The number of hydrogen-bond acceptors (Lipinski definition) is 3. The number of rotatable bonds is 3. The number of aliphatic carboxylic acids is 1. The first-order valence-electron chi connectivity index (χ1n) is 5.25. The van der Waals surface area contributed by atoms with E-state index < -0.39 is 17.5 Å². The van der Waals surface area contributed by atoms with Gasteiger partial charge in [0.15, 0.2) is 5.78 Å². The SMILES string of the molecule is Cc1ccc2c(C(=O)/C=C(\O)C(=O)O)c[nH]c2c1. The number of hydrogen-bond donors (Lipinski definition) is 3. The molecule has 5 nitrogen and oxygen atoms in total. The zero-order valence-electron chi connectivity index (χ0n) is 9.60. The Morgan fingerprint density at radius 2 is 2.00 bits per heavy atom. The molecule has 0 bridgehead atoms. The third kappa shape index (κ3) is 2.10. The number of carboxylic acids is 1. The summed E-state index contributed by atoms with van der Waals surface area (Å²) in [6, 6.07) is 5.51. The molecule has 1 heterocycles. The van der Waals surface area contributed by atoms with Crippen molar-refractivity contribution in [3.63, 3.8) is 0 Å². The molecule has 5 heteroatoms. The fraction of sp³-hybridized carbons (Fsp3) is 0.0769. The number of carboxylic acid groups (broad SMARTS) is 1. The summed E-state index contributed by atoms with van der Waals surface area (Å²) >= 11 is 0. The van der Waals surface area contributed by atoms with Crippen LogP contribution in [0, 0.1) is 6.92 Å². The Hall–Kier alpha value is -2.56. The van der Waals surface area contributed by atoms with Crippen LogP contribution in [-0.2, 0) is 4.79 Å². The lowest BCUT2D eigenvalue weighted by molar-refractivity contribution is -0.135. The maximum absolute atomic E-state index is 11.8. The van der Waals surface area contributed by atoms with Crippen LogP contribution in [-0.4, -0.2) is 26.9 Å². The molecule has 0 saturated carbocycles. The van der Waals surface area contributed by atoms with E-state index in [9.17, 15) is 9.59 Å². The van der Waals surface area contributed by atoms with E-state index in [1.807, 2.05) is 19.1 Å². The summed E-state index contributed by atoms with van der Waals surface area (Å²) in [5, 5.41) is 18.2. The number of carbonyl (C=O) groups excluding carboxylic acids is 1. The topological polar surface area (TPSA) is 90.4 Å². The van der Waals surface area contributed by atoms with Crippen LogP contribution in [0.3, 0.4) is 0 Å². The fourth-order valence-corrected chi connectivity index (χ4v) is 1.71.